The standard InChI is InChI=1S/C18H20INO2S/c1-2-15-13-17(19)18(14-9-5-3-6-10-14)20(15)23(21,22)16-11-7-4-8-12-16/h3-12,15,17-18H,2,13H2,1H3/t15-,17-,18+/m0/s1. The molecule has 0 radical (unpaired) electrons. The molecule has 5 heteroatoms. The highest BCUT2D eigenvalue weighted by molar-refractivity contribution is 14.1. The summed E-state index contributed by atoms with van der Waals surface area (Å²) >= 11 is 2.40. The third-order valence-electron chi connectivity index (χ3n) is 4.40. The Balaban J connectivity index is 2.09. The Kier molecular flexibility index (Phi) is 5.08. The van der Waals surface area contributed by atoms with Gasteiger partial charge >= 0.3 is 0 Å². The summed E-state index contributed by atoms with van der Waals surface area (Å²) in [5.41, 5.74) is 1.07. The monoisotopic (exact) mass is 441 g/mol. The van der Waals surface area contributed by atoms with E-state index in [0.29, 0.717) is 4.90 Å². The second-order valence-corrected chi connectivity index (χ2v) is 9.26. The van der Waals surface area contributed by atoms with Crippen LogP contribution >= 0.6 is 22.6 Å². The molecule has 0 N–H and O–H groups in total. The highest BCUT2D eigenvalue weighted by atomic mass is 127. The van der Waals surface area contributed by atoms with Crippen LogP contribution in [0.2, 0.25) is 0 Å². The summed E-state index contributed by atoms with van der Waals surface area (Å²) in [5, 5.41) is 0. The second-order valence-electron chi connectivity index (χ2n) is 5.82. The van der Waals surface area contributed by atoms with E-state index in [1.54, 1.807) is 28.6 Å². The van der Waals surface area contributed by atoms with E-state index in [9.17, 15) is 8.42 Å². The lowest BCUT2D eigenvalue weighted by Crippen LogP contribution is -2.37. The molecule has 1 aliphatic rings. The average molecular weight is 441 g/mol. The number of nitrogens with zero attached hydrogens (tertiary/aromatic N) is 1. The van der Waals surface area contributed by atoms with Crippen LogP contribution in [0.3, 0.4) is 0 Å². The van der Waals surface area contributed by atoms with E-state index in [-0.39, 0.29) is 16.0 Å². The van der Waals surface area contributed by atoms with Crippen molar-refractivity contribution in [3.63, 3.8) is 0 Å². The van der Waals surface area contributed by atoms with Crippen molar-refractivity contribution in [2.24, 2.45) is 0 Å². The number of benzene rings is 2. The normalized spacial score (nSPS) is 25.6. The van der Waals surface area contributed by atoms with Gasteiger partial charge in [-0.05, 0) is 30.5 Å². The van der Waals surface area contributed by atoms with Gasteiger partial charge in [0, 0.05) is 9.97 Å². The molecule has 0 unspecified atom stereocenters. The van der Waals surface area contributed by atoms with E-state index >= 15 is 0 Å². The predicted molar refractivity (Wildman–Crippen MR) is 101 cm³/mol. The molecule has 3 rings (SSSR count). The molecule has 0 aliphatic carbocycles. The number of sulfonamides is 1. The van der Waals surface area contributed by atoms with Crippen molar-refractivity contribution in [3.05, 3.63) is 66.2 Å². The van der Waals surface area contributed by atoms with Gasteiger partial charge in [-0.3, -0.25) is 0 Å². The Morgan fingerprint density at radius 3 is 2.17 bits per heavy atom. The SMILES string of the molecule is CC[C@H]1C[C@H](I)[C@@H](c2ccccc2)N1S(=O)(=O)c1ccccc1. The first-order chi connectivity index (χ1) is 11.1. The molecule has 3 atom stereocenters. The second kappa shape index (κ2) is 6.91. The fraction of sp³-hybridized carbons (Fsp3) is 0.333. The van der Waals surface area contributed by atoms with E-state index in [1.165, 1.54) is 0 Å². The summed E-state index contributed by atoms with van der Waals surface area (Å²) < 4.78 is 28.5. The van der Waals surface area contributed by atoms with Crippen LogP contribution in [0.5, 0.6) is 0 Å². The van der Waals surface area contributed by atoms with E-state index < -0.39 is 10.0 Å². The fourth-order valence-corrected chi connectivity index (χ4v) is 6.80. The minimum absolute atomic E-state index is 0.0484. The van der Waals surface area contributed by atoms with Gasteiger partial charge in [0.15, 0.2) is 0 Å². The first kappa shape index (κ1) is 16.9. The summed E-state index contributed by atoms with van der Waals surface area (Å²) in [6.07, 6.45) is 1.72. The zero-order chi connectivity index (χ0) is 16.4. The molecule has 2 aromatic rings. The predicted octanol–water partition coefficient (Wildman–Crippen LogP) is 4.40. The molecule has 122 valence electrons. The van der Waals surface area contributed by atoms with Crippen LogP contribution in [0.1, 0.15) is 31.4 Å². The Labute approximate surface area is 151 Å². The van der Waals surface area contributed by atoms with Crippen LogP contribution < -0.4 is 0 Å². The van der Waals surface area contributed by atoms with Crippen molar-refractivity contribution in [1.82, 2.24) is 4.31 Å². The Hall–Kier alpha value is -0.920. The lowest BCUT2D eigenvalue weighted by atomic mass is 10.1. The van der Waals surface area contributed by atoms with Crippen LogP contribution in [0.4, 0.5) is 0 Å². The fourth-order valence-electron chi connectivity index (χ4n) is 3.29. The minimum atomic E-state index is -3.50. The van der Waals surface area contributed by atoms with Gasteiger partial charge in [0.2, 0.25) is 10.0 Å². The van der Waals surface area contributed by atoms with Crippen LogP contribution in [-0.4, -0.2) is 22.7 Å². The van der Waals surface area contributed by atoms with Gasteiger partial charge < -0.3 is 0 Å². The third kappa shape index (κ3) is 3.19. The number of hydrogen-bond acceptors (Lipinski definition) is 2. The van der Waals surface area contributed by atoms with Crippen molar-refractivity contribution in [2.75, 3.05) is 0 Å². The van der Waals surface area contributed by atoms with Crippen molar-refractivity contribution < 1.29 is 8.42 Å². The highest BCUT2D eigenvalue weighted by Gasteiger charge is 2.46. The van der Waals surface area contributed by atoms with Crippen molar-refractivity contribution >= 4 is 32.6 Å². The van der Waals surface area contributed by atoms with Gasteiger partial charge in [0.1, 0.15) is 0 Å². The molecular weight excluding hydrogens is 421 g/mol. The van der Waals surface area contributed by atoms with Crippen LogP contribution in [0, 0.1) is 0 Å². The third-order valence-corrected chi connectivity index (χ3v) is 7.54. The van der Waals surface area contributed by atoms with Crippen LogP contribution in [-0.2, 0) is 10.0 Å². The van der Waals surface area contributed by atoms with Crippen LogP contribution in [0.25, 0.3) is 0 Å². The van der Waals surface area contributed by atoms with Gasteiger partial charge in [-0.25, -0.2) is 8.42 Å². The Bertz CT molecular complexity index is 749. The zero-order valence-electron chi connectivity index (χ0n) is 13.0. The highest BCUT2D eigenvalue weighted by Crippen LogP contribution is 2.45. The van der Waals surface area contributed by atoms with Gasteiger partial charge in [-0.15, -0.1) is 0 Å². The first-order valence-electron chi connectivity index (χ1n) is 7.83. The molecule has 3 nitrogen and oxygen atoms in total. The minimum Gasteiger partial charge on any atom is -0.207 e. The maximum Gasteiger partial charge on any atom is 0.243 e. The molecule has 0 saturated carbocycles. The number of alkyl halides is 1. The number of rotatable bonds is 4. The molecule has 0 aromatic heterocycles. The Morgan fingerprint density at radius 2 is 1.61 bits per heavy atom. The average Bonchev–Trinajstić information content (AvgIpc) is 2.93. The molecule has 23 heavy (non-hydrogen) atoms. The van der Waals surface area contributed by atoms with Gasteiger partial charge in [0.05, 0.1) is 10.9 Å². The summed E-state index contributed by atoms with van der Waals surface area (Å²) in [5.74, 6) is 0. The maximum atomic E-state index is 13.3. The smallest absolute Gasteiger partial charge is 0.207 e. The molecule has 0 spiro atoms. The zero-order valence-corrected chi connectivity index (χ0v) is 15.9. The Morgan fingerprint density at radius 1 is 1.04 bits per heavy atom. The molecule has 0 amide bonds. The van der Waals surface area contributed by atoms with Crippen molar-refractivity contribution in [2.45, 2.75) is 40.7 Å². The molecule has 1 heterocycles. The molecular formula is C18H20INO2S. The molecule has 1 aliphatic heterocycles. The first-order valence-corrected chi connectivity index (χ1v) is 10.5. The lowest BCUT2D eigenvalue weighted by Gasteiger charge is -2.30. The summed E-state index contributed by atoms with van der Waals surface area (Å²) in [6, 6.07) is 18.7. The summed E-state index contributed by atoms with van der Waals surface area (Å²) in [4.78, 5) is 0.380. The van der Waals surface area contributed by atoms with Crippen LogP contribution in [0.15, 0.2) is 65.6 Å². The largest absolute Gasteiger partial charge is 0.243 e. The van der Waals surface area contributed by atoms with E-state index in [0.717, 1.165) is 18.4 Å². The summed E-state index contributed by atoms with van der Waals surface area (Å²) in [6.45, 7) is 2.06. The summed E-state index contributed by atoms with van der Waals surface area (Å²) in [7, 11) is -3.50. The number of hydrogen-bond donors (Lipinski definition) is 0. The van der Waals surface area contributed by atoms with E-state index in [4.69, 9.17) is 0 Å². The van der Waals surface area contributed by atoms with E-state index in [1.807, 2.05) is 36.4 Å². The van der Waals surface area contributed by atoms with Crippen molar-refractivity contribution in [3.8, 4) is 0 Å². The quantitative estimate of drug-likeness (QED) is 0.521. The molecule has 1 saturated heterocycles. The van der Waals surface area contributed by atoms with Gasteiger partial charge in [0.25, 0.3) is 0 Å². The van der Waals surface area contributed by atoms with Crippen molar-refractivity contribution in [1.29, 1.82) is 0 Å². The number of halogens is 1. The maximum absolute atomic E-state index is 13.3. The molecule has 2 aromatic carbocycles. The van der Waals surface area contributed by atoms with E-state index in [2.05, 4.69) is 29.5 Å². The molecule has 1 fully saturated rings. The molecule has 0 bridgehead atoms. The van der Waals surface area contributed by atoms with Gasteiger partial charge in [-0.1, -0.05) is 78.0 Å². The van der Waals surface area contributed by atoms with Gasteiger partial charge in [-0.2, -0.15) is 4.31 Å². The topological polar surface area (TPSA) is 37.4 Å². The lowest BCUT2D eigenvalue weighted by molar-refractivity contribution is 0.321.